The molecule has 0 radical (unpaired) electrons. The second-order valence-corrected chi connectivity index (χ2v) is 2.92. The summed E-state index contributed by atoms with van der Waals surface area (Å²) in [4.78, 5) is 20.6. The van der Waals surface area contributed by atoms with Gasteiger partial charge in [0.1, 0.15) is 0 Å². The lowest BCUT2D eigenvalue weighted by Crippen LogP contribution is -1.81. The van der Waals surface area contributed by atoms with E-state index >= 15 is 0 Å². The Labute approximate surface area is 62.7 Å². The van der Waals surface area contributed by atoms with Crippen LogP contribution in [0.4, 0.5) is 0 Å². The monoisotopic (exact) mass is 163 g/mol. The van der Waals surface area contributed by atoms with Crippen LogP contribution in [-0.2, 0) is 0 Å². The molecule has 0 heterocycles. The zero-order valence-corrected chi connectivity index (χ0v) is 7.09. The lowest BCUT2D eigenvalue weighted by atomic mass is 10.3. The predicted octanol–water partition coefficient (Wildman–Crippen LogP) is 1.50. The van der Waals surface area contributed by atoms with Crippen molar-refractivity contribution < 1.29 is 9.79 Å². The lowest BCUT2D eigenvalue weighted by Gasteiger charge is -1.92. The highest BCUT2D eigenvalue weighted by Gasteiger charge is 1.88. The number of nitrogens with zero attached hydrogens (tertiary/aromatic N) is 1. The van der Waals surface area contributed by atoms with E-state index in [-0.39, 0.29) is 0 Å². The first kappa shape index (κ1) is 10.0. The van der Waals surface area contributed by atoms with Crippen LogP contribution in [0.3, 0.4) is 0 Å². The van der Waals surface area contributed by atoms with Gasteiger partial charge in [-0.05, 0) is 6.42 Å². The molecule has 0 fully saturated rings. The third-order valence-electron chi connectivity index (χ3n) is 1.08. The van der Waals surface area contributed by atoms with Crippen molar-refractivity contribution >= 4 is 14.3 Å². The minimum atomic E-state index is -1.91. The summed E-state index contributed by atoms with van der Waals surface area (Å²) in [5.41, 5.74) is 0. The van der Waals surface area contributed by atoms with E-state index < -0.39 is 8.38 Å². The van der Waals surface area contributed by atoms with Crippen LogP contribution in [0.2, 0.25) is 0 Å². The van der Waals surface area contributed by atoms with Gasteiger partial charge >= 0.3 is 0 Å². The molecular weight excluding hydrogens is 149 g/mol. The quantitative estimate of drug-likeness (QED) is 0.366. The van der Waals surface area contributed by atoms with Crippen molar-refractivity contribution in [2.75, 3.05) is 6.54 Å². The minimum absolute atomic E-state index is 0.716. The molecule has 60 valence electrons. The van der Waals surface area contributed by atoms with Crippen molar-refractivity contribution in [1.29, 1.82) is 0 Å². The average Bonchev–Trinajstić information content (AvgIpc) is 1.87. The normalized spacial score (nSPS) is 11.6. The molecule has 10 heavy (non-hydrogen) atoms. The van der Waals surface area contributed by atoms with Crippen LogP contribution < -0.4 is 0 Å². The van der Waals surface area contributed by atoms with Gasteiger partial charge in [0.15, 0.2) is 0 Å². The fourth-order valence-electron chi connectivity index (χ4n) is 0.584. The highest BCUT2D eigenvalue weighted by Crippen LogP contribution is 2.16. The number of hydrogen-bond donors (Lipinski definition) is 2. The highest BCUT2D eigenvalue weighted by atomic mass is 31.2. The molecule has 2 N–H and O–H groups in total. The topological polar surface area (TPSA) is 52.8 Å². The molecule has 0 saturated heterocycles. The second kappa shape index (κ2) is 7.13. The van der Waals surface area contributed by atoms with Crippen molar-refractivity contribution in [2.24, 2.45) is 4.99 Å². The number of unbranched alkanes of at least 4 members (excludes halogenated alkanes) is 2. The van der Waals surface area contributed by atoms with Crippen LogP contribution in [0.15, 0.2) is 4.99 Å². The fourth-order valence-corrected chi connectivity index (χ4v) is 0.845. The molecule has 3 nitrogen and oxygen atoms in total. The van der Waals surface area contributed by atoms with E-state index in [0.717, 1.165) is 12.8 Å². The van der Waals surface area contributed by atoms with Crippen LogP contribution in [0.1, 0.15) is 26.2 Å². The number of rotatable bonds is 5. The van der Waals surface area contributed by atoms with Crippen LogP contribution in [0.5, 0.6) is 0 Å². The Balaban J connectivity index is 3.02. The van der Waals surface area contributed by atoms with E-state index in [1.54, 1.807) is 0 Å². The molecule has 0 aliphatic heterocycles. The van der Waals surface area contributed by atoms with Crippen molar-refractivity contribution in [3.8, 4) is 0 Å². The van der Waals surface area contributed by atoms with Crippen LogP contribution in [-0.4, -0.2) is 22.3 Å². The first-order valence-corrected chi connectivity index (χ1v) is 4.76. The molecule has 0 spiro atoms. The van der Waals surface area contributed by atoms with Crippen molar-refractivity contribution in [3.05, 3.63) is 0 Å². The van der Waals surface area contributed by atoms with Gasteiger partial charge in [0.05, 0.1) is 5.96 Å². The van der Waals surface area contributed by atoms with Gasteiger partial charge in [-0.2, -0.15) is 0 Å². The summed E-state index contributed by atoms with van der Waals surface area (Å²) in [5.74, 6) is 1.21. The maximum atomic E-state index is 8.38. The van der Waals surface area contributed by atoms with E-state index in [1.165, 1.54) is 12.4 Å². The first-order chi connectivity index (χ1) is 4.77. The lowest BCUT2D eigenvalue weighted by molar-refractivity contribution is 0.501. The molecule has 0 aromatic carbocycles. The highest BCUT2D eigenvalue weighted by molar-refractivity contribution is 7.61. The largest absolute Gasteiger partial charge is 0.346 e. The summed E-state index contributed by atoms with van der Waals surface area (Å²) in [7, 11) is -1.91. The van der Waals surface area contributed by atoms with Crippen molar-refractivity contribution in [3.63, 3.8) is 0 Å². The van der Waals surface area contributed by atoms with Gasteiger partial charge in [-0.25, -0.2) is 0 Å². The molecule has 0 atom stereocenters. The molecule has 0 rings (SSSR count). The summed E-state index contributed by atoms with van der Waals surface area (Å²) in [6.07, 6.45) is 3.37. The van der Waals surface area contributed by atoms with E-state index in [0.29, 0.717) is 6.54 Å². The molecule has 0 unspecified atom stereocenters. The third-order valence-corrected chi connectivity index (χ3v) is 1.45. The molecule has 0 bridgehead atoms. The zero-order valence-electron chi connectivity index (χ0n) is 6.19. The Morgan fingerprint density at radius 3 is 2.60 bits per heavy atom. The van der Waals surface area contributed by atoms with Crippen LogP contribution in [0.25, 0.3) is 0 Å². The van der Waals surface area contributed by atoms with E-state index in [4.69, 9.17) is 9.79 Å². The summed E-state index contributed by atoms with van der Waals surface area (Å²) in [6.45, 7) is 2.84. The van der Waals surface area contributed by atoms with Gasteiger partial charge in [0, 0.05) is 6.54 Å². The molecule has 0 aromatic heterocycles. The summed E-state index contributed by atoms with van der Waals surface area (Å²) in [6, 6.07) is 0. The van der Waals surface area contributed by atoms with Crippen LogP contribution in [0, 0.1) is 0 Å². The van der Waals surface area contributed by atoms with Crippen molar-refractivity contribution in [1.82, 2.24) is 0 Å². The van der Waals surface area contributed by atoms with Gasteiger partial charge in [-0.3, -0.25) is 4.99 Å². The van der Waals surface area contributed by atoms with Gasteiger partial charge < -0.3 is 9.79 Å². The second-order valence-electron chi connectivity index (χ2n) is 2.05. The summed E-state index contributed by atoms with van der Waals surface area (Å²) in [5, 5.41) is 0. The van der Waals surface area contributed by atoms with Gasteiger partial charge in [-0.1, -0.05) is 19.8 Å². The van der Waals surface area contributed by atoms with Gasteiger partial charge in [0.25, 0.3) is 0 Å². The Morgan fingerprint density at radius 1 is 1.40 bits per heavy atom. The molecule has 0 aliphatic rings. The number of hydrogen-bond acceptors (Lipinski definition) is 3. The van der Waals surface area contributed by atoms with Gasteiger partial charge in [0.2, 0.25) is 8.38 Å². The van der Waals surface area contributed by atoms with Crippen molar-refractivity contribution in [2.45, 2.75) is 26.2 Å². The Hall–Kier alpha value is 0.0200. The molecule has 0 amide bonds. The Kier molecular flexibility index (Phi) is 7.15. The maximum Gasteiger partial charge on any atom is 0.211 e. The Morgan fingerprint density at radius 2 is 2.10 bits per heavy atom. The minimum Gasteiger partial charge on any atom is -0.346 e. The SMILES string of the molecule is CCCCCN=CP(O)O. The Bertz CT molecular complexity index is 95.7. The zero-order chi connectivity index (χ0) is 7.82. The molecule has 0 aromatic rings. The standard InChI is InChI=1S/C6H14NO2P/c1-2-3-4-5-7-6-10(8)9/h6,8-9H,2-5H2,1H3. The van der Waals surface area contributed by atoms with E-state index in [9.17, 15) is 0 Å². The van der Waals surface area contributed by atoms with Crippen LogP contribution >= 0.6 is 8.38 Å². The smallest absolute Gasteiger partial charge is 0.211 e. The number of aliphatic imine (C=N–C) groups is 1. The average molecular weight is 163 g/mol. The maximum absolute atomic E-state index is 8.38. The fraction of sp³-hybridized carbons (Fsp3) is 0.833. The molecular formula is C6H14NO2P. The molecule has 0 aliphatic carbocycles. The van der Waals surface area contributed by atoms with E-state index in [1.807, 2.05) is 0 Å². The van der Waals surface area contributed by atoms with Gasteiger partial charge in [-0.15, -0.1) is 0 Å². The summed E-state index contributed by atoms with van der Waals surface area (Å²) >= 11 is 0. The third kappa shape index (κ3) is 8.02. The molecule has 4 heteroatoms. The first-order valence-electron chi connectivity index (χ1n) is 3.44. The van der Waals surface area contributed by atoms with E-state index in [2.05, 4.69) is 11.9 Å². The predicted molar refractivity (Wildman–Crippen MR) is 44.2 cm³/mol. The summed E-state index contributed by atoms with van der Waals surface area (Å²) < 4.78 is 0. The molecule has 0 saturated carbocycles.